The van der Waals surface area contributed by atoms with E-state index in [0.29, 0.717) is 6.54 Å². The molecule has 0 aliphatic carbocycles. The molecular formula is C18H26N2O3. The van der Waals surface area contributed by atoms with Crippen molar-refractivity contribution in [1.29, 1.82) is 0 Å². The Labute approximate surface area is 137 Å². The molecule has 0 bridgehead atoms. The Balaban J connectivity index is 1.71. The molecule has 126 valence electrons. The van der Waals surface area contributed by atoms with E-state index in [4.69, 9.17) is 9.47 Å². The number of hydrogen-bond donors (Lipinski definition) is 2. The normalized spacial score (nSPS) is 23.4. The fraction of sp³-hybridized carbons (Fsp3) is 0.611. The maximum Gasteiger partial charge on any atom is 0.237 e. The first-order valence-corrected chi connectivity index (χ1v) is 8.47. The quantitative estimate of drug-likeness (QED) is 0.866. The van der Waals surface area contributed by atoms with Crippen LogP contribution in [0.25, 0.3) is 0 Å². The van der Waals surface area contributed by atoms with Crippen LogP contribution in [-0.4, -0.2) is 45.4 Å². The second-order valence-electron chi connectivity index (χ2n) is 6.49. The number of methoxy groups -OCH3 is 1. The molecule has 2 fully saturated rings. The summed E-state index contributed by atoms with van der Waals surface area (Å²) in [7, 11) is 1.67. The van der Waals surface area contributed by atoms with Crippen LogP contribution in [0.5, 0.6) is 5.75 Å². The minimum atomic E-state index is -0.0429. The summed E-state index contributed by atoms with van der Waals surface area (Å²) in [6.07, 6.45) is 3.87. The highest BCUT2D eigenvalue weighted by atomic mass is 16.5. The number of amides is 1. The van der Waals surface area contributed by atoms with E-state index in [1.807, 2.05) is 12.1 Å². The standard InChI is InChI=1S/C18H26N2O3/c1-22-15-6-4-14(5-7-15)18(8-11-23-12-9-18)13-20-17(21)16-3-2-10-19-16/h4-7,16,19H,2-3,8-13H2,1H3,(H,20,21). The Hall–Kier alpha value is -1.59. The van der Waals surface area contributed by atoms with E-state index < -0.39 is 0 Å². The maximum atomic E-state index is 12.3. The highest BCUT2D eigenvalue weighted by molar-refractivity contribution is 5.82. The van der Waals surface area contributed by atoms with E-state index in [9.17, 15) is 4.79 Å². The van der Waals surface area contributed by atoms with Crippen LogP contribution in [0.2, 0.25) is 0 Å². The van der Waals surface area contributed by atoms with Crippen molar-refractivity contribution in [3.8, 4) is 5.75 Å². The van der Waals surface area contributed by atoms with Crippen LogP contribution >= 0.6 is 0 Å². The van der Waals surface area contributed by atoms with Gasteiger partial charge in [0, 0.05) is 25.2 Å². The van der Waals surface area contributed by atoms with Crippen molar-refractivity contribution in [1.82, 2.24) is 10.6 Å². The third-order valence-corrected chi connectivity index (χ3v) is 5.13. The van der Waals surface area contributed by atoms with Crippen LogP contribution in [0.4, 0.5) is 0 Å². The largest absolute Gasteiger partial charge is 0.497 e. The van der Waals surface area contributed by atoms with Gasteiger partial charge >= 0.3 is 0 Å². The highest BCUT2D eigenvalue weighted by Gasteiger charge is 2.35. The second-order valence-corrected chi connectivity index (χ2v) is 6.49. The molecular weight excluding hydrogens is 292 g/mol. The van der Waals surface area contributed by atoms with Gasteiger partial charge in [0.25, 0.3) is 0 Å². The van der Waals surface area contributed by atoms with Crippen molar-refractivity contribution >= 4 is 5.91 Å². The monoisotopic (exact) mass is 318 g/mol. The molecule has 1 aromatic carbocycles. The third kappa shape index (κ3) is 3.67. The van der Waals surface area contributed by atoms with Crippen molar-refractivity contribution in [2.45, 2.75) is 37.1 Å². The minimum Gasteiger partial charge on any atom is -0.497 e. The summed E-state index contributed by atoms with van der Waals surface area (Å²) >= 11 is 0. The van der Waals surface area contributed by atoms with Gasteiger partial charge in [-0.15, -0.1) is 0 Å². The topological polar surface area (TPSA) is 59.6 Å². The zero-order valence-corrected chi connectivity index (χ0v) is 13.8. The van der Waals surface area contributed by atoms with Crippen molar-refractivity contribution in [3.05, 3.63) is 29.8 Å². The van der Waals surface area contributed by atoms with Gasteiger partial charge in [0.1, 0.15) is 5.75 Å². The van der Waals surface area contributed by atoms with Gasteiger partial charge in [-0.3, -0.25) is 4.79 Å². The molecule has 0 aromatic heterocycles. The molecule has 5 heteroatoms. The molecule has 3 rings (SSSR count). The predicted molar refractivity (Wildman–Crippen MR) is 88.8 cm³/mol. The van der Waals surface area contributed by atoms with Crippen molar-refractivity contribution in [2.75, 3.05) is 33.4 Å². The van der Waals surface area contributed by atoms with Gasteiger partial charge in [-0.1, -0.05) is 12.1 Å². The minimum absolute atomic E-state index is 0.0252. The average Bonchev–Trinajstić information content (AvgIpc) is 3.15. The van der Waals surface area contributed by atoms with E-state index in [1.54, 1.807) is 7.11 Å². The summed E-state index contributed by atoms with van der Waals surface area (Å²) in [6, 6.07) is 8.19. The smallest absolute Gasteiger partial charge is 0.237 e. The van der Waals surface area contributed by atoms with Crippen LogP contribution < -0.4 is 15.4 Å². The van der Waals surface area contributed by atoms with Gasteiger partial charge in [0.15, 0.2) is 0 Å². The summed E-state index contributed by atoms with van der Waals surface area (Å²) in [5.41, 5.74) is 1.21. The van der Waals surface area contributed by atoms with E-state index >= 15 is 0 Å². The average molecular weight is 318 g/mol. The fourth-order valence-electron chi connectivity index (χ4n) is 3.56. The Morgan fingerprint density at radius 3 is 2.70 bits per heavy atom. The molecule has 2 heterocycles. The lowest BCUT2D eigenvalue weighted by Gasteiger charge is -2.38. The maximum absolute atomic E-state index is 12.3. The lowest BCUT2D eigenvalue weighted by molar-refractivity contribution is -0.123. The molecule has 1 amide bonds. The van der Waals surface area contributed by atoms with E-state index in [2.05, 4.69) is 22.8 Å². The van der Waals surface area contributed by atoms with Crippen LogP contribution in [0.1, 0.15) is 31.2 Å². The molecule has 5 nitrogen and oxygen atoms in total. The zero-order chi connectivity index (χ0) is 16.1. The Morgan fingerprint density at radius 1 is 1.35 bits per heavy atom. The Bertz CT molecular complexity index is 518. The number of ether oxygens (including phenoxy) is 2. The summed E-state index contributed by atoms with van der Waals surface area (Å²) in [5.74, 6) is 0.983. The molecule has 23 heavy (non-hydrogen) atoms. The summed E-state index contributed by atoms with van der Waals surface area (Å²) < 4.78 is 10.8. The fourth-order valence-corrected chi connectivity index (χ4v) is 3.56. The van der Waals surface area contributed by atoms with E-state index in [0.717, 1.165) is 51.2 Å². The van der Waals surface area contributed by atoms with Crippen molar-refractivity contribution in [3.63, 3.8) is 0 Å². The van der Waals surface area contributed by atoms with Crippen LogP contribution in [-0.2, 0) is 14.9 Å². The van der Waals surface area contributed by atoms with Gasteiger partial charge in [0.05, 0.1) is 13.2 Å². The van der Waals surface area contributed by atoms with Crippen LogP contribution in [0.3, 0.4) is 0 Å². The summed E-state index contributed by atoms with van der Waals surface area (Å²) in [6.45, 7) is 3.09. The molecule has 1 aromatic rings. The Kier molecular flexibility index (Phi) is 5.18. The lowest BCUT2D eigenvalue weighted by Crippen LogP contribution is -2.48. The Morgan fingerprint density at radius 2 is 2.09 bits per heavy atom. The number of hydrogen-bond acceptors (Lipinski definition) is 4. The van der Waals surface area contributed by atoms with Gasteiger partial charge in [-0.2, -0.15) is 0 Å². The van der Waals surface area contributed by atoms with Gasteiger partial charge in [0.2, 0.25) is 5.91 Å². The highest BCUT2D eigenvalue weighted by Crippen LogP contribution is 2.35. The number of benzene rings is 1. The number of carbonyl (C=O) groups is 1. The van der Waals surface area contributed by atoms with E-state index in [-0.39, 0.29) is 17.4 Å². The molecule has 0 saturated carbocycles. The molecule has 2 saturated heterocycles. The van der Waals surface area contributed by atoms with Crippen LogP contribution in [0.15, 0.2) is 24.3 Å². The first-order chi connectivity index (χ1) is 11.2. The van der Waals surface area contributed by atoms with E-state index in [1.165, 1.54) is 5.56 Å². The summed E-state index contributed by atoms with van der Waals surface area (Å²) in [4.78, 5) is 12.3. The zero-order valence-electron chi connectivity index (χ0n) is 13.8. The van der Waals surface area contributed by atoms with Crippen molar-refractivity contribution in [2.24, 2.45) is 0 Å². The first-order valence-electron chi connectivity index (χ1n) is 8.47. The lowest BCUT2D eigenvalue weighted by atomic mass is 9.74. The molecule has 1 unspecified atom stereocenters. The van der Waals surface area contributed by atoms with Gasteiger partial charge in [-0.05, 0) is 49.9 Å². The molecule has 0 radical (unpaired) electrons. The third-order valence-electron chi connectivity index (χ3n) is 5.13. The molecule has 2 aliphatic rings. The van der Waals surface area contributed by atoms with Crippen molar-refractivity contribution < 1.29 is 14.3 Å². The number of rotatable bonds is 5. The second kappa shape index (κ2) is 7.32. The first kappa shape index (κ1) is 16.3. The van der Waals surface area contributed by atoms with Crippen LogP contribution in [0, 0.1) is 0 Å². The molecule has 0 spiro atoms. The number of carbonyl (C=O) groups excluding carboxylic acids is 1. The molecule has 1 atom stereocenters. The van der Waals surface area contributed by atoms with Gasteiger partial charge in [-0.25, -0.2) is 0 Å². The predicted octanol–water partition coefficient (Wildman–Crippen LogP) is 1.61. The molecule has 2 aliphatic heterocycles. The molecule has 2 N–H and O–H groups in total. The number of nitrogens with one attached hydrogen (secondary N) is 2. The summed E-state index contributed by atoms with van der Waals surface area (Å²) in [5, 5.41) is 6.43. The van der Waals surface area contributed by atoms with Gasteiger partial charge < -0.3 is 20.1 Å². The SMILES string of the molecule is COc1ccc(C2(CNC(=O)C3CCCN3)CCOCC2)cc1.